The maximum absolute atomic E-state index is 11.5. The van der Waals surface area contributed by atoms with Crippen LogP contribution in [0.5, 0.6) is 0 Å². The van der Waals surface area contributed by atoms with Crippen LogP contribution in [0.4, 0.5) is 0 Å². The minimum Gasteiger partial charge on any atom is -0.355 e. The van der Waals surface area contributed by atoms with Crippen LogP contribution in [0.1, 0.15) is 26.2 Å². The van der Waals surface area contributed by atoms with Gasteiger partial charge >= 0.3 is 0 Å². The highest BCUT2D eigenvalue weighted by atomic mass is 16.2. The molecule has 0 aromatic carbocycles. The highest BCUT2D eigenvalue weighted by Gasteiger charge is 2.44. The number of nitrogens with one attached hydrogen (secondary N) is 1. The summed E-state index contributed by atoms with van der Waals surface area (Å²) in [6, 6.07) is 0. The average molecular weight is 182 g/mol. The smallest absolute Gasteiger partial charge is 0.223 e. The molecule has 0 spiro atoms. The summed E-state index contributed by atoms with van der Waals surface area (Å²) in [5, 5.41) is 3.01. The Bertz CT molecular complexity index is 223. The number of amides is 1. The van der Waals surface area contributed by atoms with Crippen LogP contribution in [0.2, 0.25) is 0 Å². The maximum atomic E-state index is 11.5. The quantitative estimate of drug-likeness (QED) is 0.665. The molecule has 0 aliphatic heterocycles. The predicted octanol–water partition coefficient (Wildman–Crippen LogP) is 0.497. The lowest BCUT2D eigenvalue weighted by atomic mass is 10.1. The summed E-state index contributed by atoms with van der Waals surface area (Å²) in [5.74, 6) is 1.15. The number of carbonyl (C=O) groups excluding carboxylic acids is 1. The molecule has 0 aromatic heterocycles. The molecule has 0 aromatic rings. The summed E-state index contributed by atoms with van der Waals surface area (Å²) in [6.07, 6.45) is 3.44. The van der Waals surface area contributed by atoms with Gasteiger partial charge < -0.3 is 11.1 Å². The van der Waals surface area contributed by atoms with Crippen LogP contribution in [0.3, 0.4) is 0 Å². The van der Waals surface area contributed by atoms with E-state index in [1.165, 1.54) is 12.8 Å². The molecule has 1 amide bonds. The Morgan fingerprint density at radius 3 is 2.62 bits per heavy atom. The minimum absolute atomic E-state index is 0.243. The molecule has 2 fully saturated rings. The minimum atomic E-state index is 0.243. The number of rotatable bonds is 4. The Morgan fingerprint density at radius 1 is 1.62 bits per heavy atom. The SMILES string of the molecule is CC1CC1C(=O)NCC1(CN)CC1. The molecule has 13 heavy (non-hydrogen) atoms. The number of hydrogen-bond acceptors (Lipinski definition) is 2. The van der Waals surface area contributed by atoms with E-state index in [-0.39, 0.29) is 11.3 Å². The van der Waals surface area contributed by atoms with E-state index in [0.29, 0.717) is 18.4 Å². The number of nitrogens with two attached hydrogens (primary N) is 1. The van der Waals surface area contributed by atoms with Gasteiger partial charge in [-0.25, -0.2) is 0 Å². The topological polar surface area (TPSA) is 55.1 Å². The van der Waals surface area contributed by atoms with Gasteiger partial charge in [-0.05, 0) is 37.1 Å². The Kier molecular flexibility index (Phi) is 2.06. The first-order chi connectivity index (χ1) is 6.17. The molecule has 3 heteroatoms. The summed E-state index contributed by atoms with van der Waals surface area (Å²) in [6.45, 7) is 3.64. The van der Waals surface area contributed by atoms with Crippen LogP contribution in [0.25, 0.3) is 0 Å². The van der Waals surface area contributed by atoms with E-state index in [1.54, 1.807) is 0 Å². The van der Waals surface area contributed by atoms with Crippen LogP contribution in [0, 0.1) is 17.3 Å². The van der Waals surface area contributed by atoms with Gasteiger partial charge in [0, 0.05) is 12.5 Å². The van der Waals surface area contributed by atoms with E-state index in [2.05, 4.69) is 12.2 Å². The van der Waals surface area contributed by atoms with E-state index < -0.39 is 0 Å². The normalized spacial score (nSPS) is 34.0. The standard InChI is InChI=1S/C10H18N2O/c1-7-4-8(7)9(13)12-6-10(5-11)2-3-10/h7-8H,2-6,11H2,1H3,(H,12,13). The summed E-state index contributed by atoms with van der Waals surface area (Å²) < 4.78 is 0. The Labute approximate surface area is 79.1 Å². The van der Waals surface area contributed by atoms with Gasteiger partial charge in [0.1, 0.15) is 0 Å². The van der Waals surface area contributed by atoms with Crippen molar-refractivity contribution in [1.29, 1.82) is 0 Å². The predicted molar refractivity (Wildman–Crippen MR) is 51.0 cm³/mol. The molecule has 2 aliphatic rings. The zero-order valence-corrected chi connectivity index (χ0v) is 8.18. The molecule has 74 valence electrons. The summed E-state index contributed by atoms with van der Waals surface area (Å²) in [5.41, 5.74) is 5.89. The maximum Gasteiger partial charge on any atom is 0.223 e. The van der Waals surface area contributed by atoms with Crippen LogP contribution < -0.4 is 11.1 Å². The second kappa shape index (κ2) is 2.98. The average Bonchev–Trinajstić information content (AvgIpc) is 2.99. The summed E-state index contributed by atoms with van der Waals surface area (Å²) >= 11 is 0. The second-order valence-corrected chi connectivity index (χ2v) is 4.74. The Morgan fingerprint density at radius 2 is 2.23 bits per heavy atom. The van der Waals surface area contributed by atoms with Gasteiger partial charge in [-0.15, -0.1) is 0 Å². The molecule has 2 unspecified atom stereocenters. The van der Waals surface area contributed by atoms with E-state index in [0.717, 1.165) is 13.0 Å². The van der Waals surface area contributed by atoms with Gasteiger partial charge in [-0.1, -0.05) is 6.92 Å². The molecular weight excluding hydrogens is 164 g/mol. The molecule has 0 heterocycles. The number of hydrogen-bond donors (Lipinski definition) is 2. The van der Waals surface area contributed by atoms with Gasteiger partial charge in [0.2, 0.25) is 5.91 Å². The van der Waals surface area contributed by atoms with Crippen molar-refractivity contribution in [1.82, 2.24) is 5.32 Å². The Balaban J connectivity index is 1.70. The summed E-state index contributed by atoms with van der Waals surface area (Å²) in [4.78, 5) is 11.5. The lowest BCUT2D eigenvalue weighted by Gasteiger charge is -2.12. The third-order valence-electron chi connectivity index (χ3n) is 3.47. The van der Waals surface area contributed by atoms with Gasteiger partial charge in [0.15, 0.2) is 0 Å². The van der Waals surface area contributed by atoms with Crippen LogP contribution in [-0.2, 0) is 4.79 Å². The van der Waals surface area contributed by atoms with Crippen molar-refractivity contribution in [3.05, 3.63) is 0 Å². The van der Waals surface area contributed by atoms with E-state index >= 15 is 0 Å². The second-order valence-electron chi connectivity index (χ2n) is 4.74. The van der Waals surface area contributed by atoms with Gasteiger partial charge in [0.05, 0.1) is 0 Å². The lowest BCUT2D eigenvalue weighted by Crippen LogP contribution is -2.34. The molecule has 3 N–H and O–H groups in total. The molecule has 2 saturated carbocycles. The van der Waals surface area contributed by atoms with Crippen LogP contribution in [-0.4, -0.2) is 19.0 Å². The zero-order valence-electron chi connectivity index (χ0n) is 8.18. The highest BCUT2D eigenvalue weighted by Crippen LogP contribution is 2.44. The molecule has 3 nitrogen and oxygen atoms in total. The largest absolute Gasteiger partial charge is 0.355 e. The number of carbonyl (C=O) groups is 1. The molecule has 2 aliphatic carbocycles. The van der Waals surface area contributed by atoms with Gasteiger partial charge in [-0.2, -0.15) is 0 Å². The molecule has 0 radical (unpaired) electrons. The fourth-order valence-electron chi connectivity index (χ4n) is 1.72. The zero-order chi connectivity index (χ0) is 9.47. The molecular formula is C10H18N2O. The molecule has 2 atom stereocenters. The Hall–Kier alpha value is -0.570. The van der Waals surface area contributed by atoms with Crippen molar-refractivity contribution >= 4 is 5.91 Å². The van der Waals surface area contributed by atoms with Crippen molar-refractivity contribution in [2.45, 2.75) is 26.2 Å². The first kappa shape index (κ1) is 9.00. The first-order valence-electron chi connectivity index (χ1n) is 5.15. The van der Waals surface area contributed by atoms with E-state index in [4.69, 9.17) is 5.73 Å². The van der Waals surface area contributed by atoms with Crippen molar-refractivity contribution < 1.29 is 4.79 Å². The fraction of sp³-hybridized carbons (Fsp3) is 0.900. The third-order valence-corrected chi connectivity index (χ3v) is 3.47. The van der Waals surface area contributed by atoms with Crippen molar-refractivity contribution in [3.63, 3.8) is 0 Å². The van der Waals surface area contributed by atoms with Gasteiger partial charge in [-0.3, -0.25) is 4.79 Å². The van der Waals surface area contributed by atoms with E-state index in [1.807, 2.05) is 0 Å². The fourth-order valence-corrected chi connectivity index (χ4v) is 1.72. The van der Waals surface area contributed by atoms with E-state index in [9.17, 15) is 4.79 Å². The first-order valence-corrected chi connectivity index (χ1v) is 5.15. The van der Waals surface area contributed by atoms with Crippen LogP contribution in [0.15, 0.2) is 0 Å². The van der Waals surface area contributed by atoms with Crippen molar-refractivity contribution in [2.24, 2.45) is 23.0 Å². The van der Waals surface area contributed by atoms with Crippen LogP contribution >= 0.6 is 0 Å². The molecule has 2 rings (SSSR count). The van der Waals surface area contributed by atoms with Crippen molar-refractivity contribution in [3.8, 4) is 0 Å². The summed E-state index contributed by atoms with van der Waals surface area (Å²) in [7, 11) is 0. The molecule has 0 saturated heterocycles. The third kappa shape index (κ3) is 1.85. The van der Waals surface area contributed by atoms with Crippen molar-refractivity contribution in [2.75, 3.05) is 13.1 Å². The monoisotopic (exact) mass is 182 g/mol. The lowest BCUT2D eigenvalue weighted by molar-refractivity contribution is -0.122. The van der Waals surface area contributed by atoms with Gasteiger partial charge in [0.25, 0.3) is 0 Å². The molecule has 0 bridgehead atoms. The highest BCUT2D eigenvalue weighted by molar-refractivity contribution is 5.81.